The number of aliphatic carboxylic acids is 1. The average Bonchev–Trinajstić information content (AvgIpc) is 2.85. The van der Waals surface area contributed by atoms with Crippen molar-refractivity contribution in [2.75, 3.05) is 0 Å². The normalized spacial score (nSPS) is 16.6. The monoisotopic (exact) mass is 292 g/mol. The second kappa shape index (κ2) is 6.56. The third-order valence-electron chi connectivity index (χ3n) is 3.93. The van der Waals surface area contributed by atoms with Crippen LogP contribution in [0.3, 0.4) is 0 Å². The zero-order valence-electron chi connectivity index (χ0n) is 11.9. The Morgan fingerprint density at radius 2 is 2.00 bits per heavy atom. The number of hydrogen-bond acceptors (Lipinski definition) is 3. The van der Waals surface area contributed by atoms with Gasteiger partial charge in [0.15, 0.2) is 0 Å². The Morgan fingerprint density at radius 1 is 1.29 bits per heavy atom. The van der Waals surface area contributed by atoms with Crippen LogP contribution in [0.4, 0.5) is 0 Å². The molecule has 21 heavy (non-hydrogen) atoms. The highest BCUT2D eigenvalue weighted by atomic mass is 16.4. The molecule has 1 aromatic rings. The fraction of sp³-hybridized carbons (Fsp3) is 0.533. The van der Waals surface area contributed by atoms with E-state index in [0.29, 0.717) is 19.4 Å². The molecule has 1 fully saturated rings. The maximum atomic E-state index is 12.1. The zero-order chi connectivity index (χ0) is 15.3. The van der Waals surface area contributed by atoms with Gasteiger partial charge in [0, 0.05) is 25.2 Å². The molecule has 0 atom stereocenters. The first-order valence-corrected chi connectivity index (χ1v) is 7.19. The van der Waals surface area contributed by atoms with Gasteiger partial charge in [-0.25, -0.2) is 0 Å². The summed E-state index contributed by atoms with van der Waals surface area (Å²) in [5, 5.41) is 11.9. The number of carboxylic acid groups (broad SMARTS) is 1. The molecular weight excluding hydrogens is 272 g/mol. The minimum Gasteiger partial charge on any atom is -0.481 e. The first-order chi connectivity index (χ1) is 10.0. The minimum absolute atomic E-state index is 0.0377. The highest BCUT2D eigenvalue weighted by Gasteiger charge is 2.37. The maximum Gasteiger partial charge on any atom is 0.305 e. The second-order valence-corrected chi connectivity index (χ2v) is 5.59. The zero-order valence-corrected chi connectivity index (χ0v) is 11.9. The van der Waals surface area contributed by atoms with Gasteiger partial charge in [0.25, 0.3) is 5.56 Å². The first kappa shape index (κ1) is 15.3. The smallest absolute Gasteiger partial charge is 0.305 e. The number of aromatic nitrogens is 1. The fourth-order valence-corrected chi connectivity index (χ4v) is 2.91. The van der Waals surface area contributed by atoms with E-state index in [0.717, 1.165) is 12.8 Å². The lowest BCUT2D eigenvalue weighted by atomic mass is 9.93. The van der Waals surface area contributed by atoms with Gasteiger partial charge in [-0.3, -0.25) is 14.4 Å². The van der Waals surface area contributed by atoms with E-state index in [2.05, 4.69) is 5.32 Å². The second-order valence-electron chi connectivity index (χ2n) is 5.59. The molecule has 0 saturated heterocycles. The van der Waals surface area contributed by atoms with E-state index >= 15 is 0 Å². The third-order valence-corrected chi connectivity index (χ3v) is 3.93. The molecule has 1 aliphatic carbocycles. The summed E-state index contributed by atoms with van der Waals surface area (Å²) in [6, 6.07) is 4.84. The Labute approximate surface area is 122 Å². The number of nitrogens with zero attached hydrogens (tertiary/aromatic N) is 1. The number of carbonyl (C=O) groups is 2. The van der Waals surface area contributed by atoms with Crippen molar-refractivity contribution in [2.24, 2.45) is 0 Å². The van der Waals surface area contributed by atoms with E-state index < -0.39 is 11.5 Å². The topological polar surface area (TPSA) is 88.4 Å². The Kier molecular flexibility index (Phi) is 4.77. The maximum absolute atomic E-state index is 12.1. The number of pyridine rings is 1. The fourth-order valence-electron chi connectivity index (χ4n) is 2.91. The molecule has 1 amide bonds. The van der Waals surface area contributed by atoms with Crippen LogP contribution in [0.5, 0.6) is 0 Å². The van der Waals surface area contributed by atoms with Gasteiger partial charge < -0.3 is 15.0 Å². The predicted octanol–water partition coefficient (Wildman–Crippen LogP) is 1.14. The van der Waals surface area contributed by atoms with Crippen LogP contribution in [-0.2, 0) is 16.1 Å². The standard InChI is InChI=1S/C15H20N2O4/c18-12(6-10-17-9-4-1-5-13(17)19)16-15(11-14(20)21)7-2-3-8-15/h1,4-5,9H,2-3,6-8,10-11H2,(H,16,18)(H,20,21). The number of carboxylic acids is 1. The van der Waals surface area contributed by atoms with Crippen LogP contribution in [0.25, 0.3) is 0 Å². The number of aryl methyl sites for hydroxylation is 1. The van der Waals surface area contributed by atoms with Crippen LogP contribution >= 0.6 is 0 Å². The van der Waals surface area contributed by atoms with Gasteiger partial charge in [0.05, 0.1) is 12.0 Å². The minimum atomic E-state index is -0.892. The average molecular weight is 292 g/mol. The van der Waals surface area contributed by atoms with Crippen molar-refractivity contribution in [1.29, 1.82) is 0 Å². The first-order valence-electron chi connectivity index (χ1n) is 7.19. The Hall–Kier alpha value is -2.11. The van der Waals surface area contributed by atoms with Gasteiger partial charge >= 0.3 is 5.97 Å². The summed E-state index contributed by atoms with van der Waals surface area (Å²) in [6.45, 7) is 0.300. The van der Waals surface area contributed by atoms with Gasteiger partial charge in [-0.2, -0.15) is 0 Å². The summed E-state index contributed by atoms with van der Waals surface area (Å²) < 4.78 is 1.47. The van der Waals surface area contributed by atoms with Gasteiger partial charge in [0.2, 0.25) is 5.91 Å². The van der Waals surface area contributed by atoms with E-state index in [-0.39, 0.29) is 24.3 Å². The molecule has 1 aliphatic rings. The van der Waals surface area contributed by atoms with E-state index in [1.165, 1.54) is 10.6 Å². The van der Waals surface area contributed by atoms with Crippen LogP contribution < -0.4 is 10.9 Å². The van der Waals surface area contributed by atoms with Gasteiger partial charge in [0.1, 0.15) is 0 Å². The summed E-state index contributed by atoms with van der Waals surface area (Å²) in [6.07, 6.45) is 5.05. The van der Waals surface area contributed by atoms with E-state index in [1.54, 1.807) is 18.3 Å². The molecule has 6 heteroatoms. The van der Waals surface area contributed by atoms with Gasteiger partial charge in [-0.15, -0.1) is 0 Å². The molecule has 1 aromatic heterocycles. The lowest BCUT2D eigenvalue weighted by Gasteiger charge is -2.28. The van der Waals surface area contributed by atoms with Crippen molar-refractivity contribution in [3.05, 3.63) is 34.7 Å². The van der Waals surface area contributed by atoms with Crippen LogP contribution in [-0.4, -0.2) is 27.1 Å². The predicted molar refractivity (Wildman–Crippen MR) is 76.9 cm³/mol. The Balaban J connectivity index is 1.92. The van der Waals surface area contributed by atoms with Crippen LogP contribution in [0.1, 0.15) is 38.5 Å². The summed E-state index contributed by atoms with van der Waals surface area (Å²) in [5.41, 5.74) is -0.753. The number of carbonyl (C=O) groups excluding carboxylic acids is 1. The molecule has 2 N–H and O–H groups in total. The molecule has 6 nitrogen and oxygen atoms in total. The SMILES string of the molecule is O=C(O)CC1(NC(=O)CCn2ccccc2=O)CCCC1. The summed E-state index contributed by atoms with van der Waals surface area (Å²) in [5.74, 6) is -1.09. The number of nitrogens with one attached hydrogen (secondary N) is 1. The number of amides is 1. The molecule has 0 bridgehead atoms. The number of hydrogen-bond donors (Lipinski definition) is 2. The van der Waals surface area contributed by atoms with Gasteiger partial charge in [-0.1, -0.05) is 18.9 Å². The summed E-state index contributed by atoms with van der Waals surface area (Å²) >= 11 is 0. The van der Waals surface area contributed by atoms with Crippen molar-refractivity contribution < 1.29 is 14.7 Å². The molecule has 1 saturated carbocycles. The molecule has 2 rings (SSSR count). The molecule has 0 aliphatic heterocycles. The largest absolute Gasteiger partial charge is 0.481 e. The molecule has 0 spiro atoms. The summed E-state index contributed by atoms with van der Waals surface area (Å²) in [7, 11) is 0. The van der Waals surface area contributed by atoms with E-state index in [4.69, 9.17) is 5.11 Å². The van der Waals surface area contributed by atoms with Crippen molar-refractivity contribution in [1.82, 2.24) is 9.88 Å². The van der Waals surface area contributed by atoms with E-state index in [9.17, 15) is 14.4 Å². The molecule has 0 radical (unpaired) electrons. The van der Waals surface area contributed by atoms with Crippen molar-refractivity contribution in [3.63, 3.8) is 0 Å². The molecule has 1 heterocycles. The van der Waals surface area contributed by atoms with Crippen LogP contribution in [0.15, 0.2) is 29.2 Å². The highest BCUT2D eigenvalue weighted by Crippen LogP contribution is 2.32. The Morgan fingerprint density at radius 3 is 2.62 bits per heavy atom. The van der Waals surface area contributed by atoms with Crippen molar-refractivity contribution >= 4 is 11.9 Å². The van der Waals surface area contributed by atoms with Crippen molar-refractivity contribution in [2.45, 2.75) is 50.6 Å². The Bertz CT molecular complexity index is 573. The molecule has 114 valence electrons. The lowest BCUT2D eigenvalue weighted by Crippen LogP contribution is -2.48. The molecule has 0 unspecified atom stereocenters. The van der Waals surface area contributed by atoms with E-state index in [1.807, 2.05) is 0 Å². The van der Waals surface area contributed by atoms with Crippen LogP contribution in [0.2, 0.25) is 0 Å². The van der Waals surface area contributed by atoms with Gasteiger partial charge in [-0.05, 0) is 18.9 Å². The molecular formula is C15H20N2O4. The third kappa shape index (κ3) is 4.18. The quantitative estimate of drug-likeness (QED) is 0.823. The summed E-state index contributed by atoms with van der Waals surface area (Å²) in [4.78, 5) is 34.6. The number of rotatable bonds is 6. The van der Waals surface area contributed by atoms with Crippen molar-refractivity contribution in [3.8, 4) is 0 Å². The lowest BCUT2D eigenvalue weighted by molar-refractivity contribution is -0.139. The highest BCUT2D eigenvalue weighted by molar-refractivity contribution is 5.78. The molecule has 0 aromatic carbocycles. The van der Waals surface area contributed by atoms with Crippen LogP contribution in [0, 0.1) is 0 Å².